The van der Waals surface area contributed by atoms with Crippen LogP contribution in [0.2, 0.25) is 10.0 Å². The highest BCUT2D eigenvalue weighted by Gasteiger charge is 2.13. The predicted octanol–water partition coefficient (Wildman–Crippen LogP) is 5.96. The van der Waals surface area contributed by atoms with E-state index in [9.17, 15) is 0 Å². The Labute approximate surface area is 185 Å². The fourth-order valence-electron chi connectivity index (χ4n) is 3.12. The van der Waals surface area contributed by atoms with Crippen molar-refractivity contribution < 1.29 is 18.9 Å². The van der Waals surface area contributed by atoms with E-state index in [1.165, 1.54) is 0 Å². The minimum Gasteiger partial charge on any atom is -0.493 e. The average Bonchev–Trinajstić information content (AvgIpc) is 2.77. The molecule has 3 aromatic rings. The third kappa shape index (κ3) is 4.69. The predicted molar refractivity (Wildman–Crippen MR) is 119 cm³/mol. The lowest BCUT2D eigenvalue weighted by Crippen LogP contribution is -2.15. The van der Waals surface area contributed by atoms with E-state index in [0.717, 1.165) is 28.3 Å². The largest absolute Gasteiger partial charge is 0.493 e. The maximum atomic E-state index is 6.22. The van der Waals surface area contributed by atoms with E-state index in [-0.39, 0.29) is 6.61 Å². The zero-order valence-electron chi connectivity index (χ0n) is 16.4. The first kappa shape index (κ1) is 20.5. The molecule has 0 bridgehead atoms. The van der Waals surface area contributed by atoms with Crippen molar-refractivity contribution in [3.63, 3.8) is 0 Å². The smallest absolute Gasteiger partial charge is 0.163 e. The van der Waals surface area contributed by atoms with Gasteiger partial charge in [-0.1, -0.05) is 35.3 Å². The Morgan fingerprint density at radius 1 is 0.900 bits per heavy atom. The highest BCUT2D eigenvalue weighted by molar-refractivity contribution is 6.35. The zero-order valence-corrected chi connectivity index (χ0v) is 17.9. The van der Waals surface area contributed by atoms with Gasteiger partial charge in [-0.25, -0.2) is 0 Å². The highest BCUT2D eigenvalue weighted by atomic mass is 35.5. The van der Waals surface area contributed by atoms with Crippen LogP contribution in [-0.2, 0) is 13.2 Å². The monoisotopic (exact) mass is 445 g/mol. The summed E-state index contributed by atoms with van der Waals surface area (Å²) in [5.74, 6) is 2.79. The van der Waals surface area contributed by atoms with Crippen LogP contribution >= 0.6 is 23.2 Å². The molecule has 0 fully saturated rings. The molecule has 30 heavy (non-hydrogen) atoms. The van der Waals surface area contributed by atoms with Gasteiger partial charge in [0.15, 0.2) is 23.0 Å². The lowest BCUT2D eigenvalue weighted by molar-refractivity contribution is 0.171. The Morgan fingerprint density at radius 2 is 1.67 bits per heavy atom. The van der Waals surface area contributed by atoms with Crippen molar-refractivity contribution in [1.82, 2.24) is 0 Å². The number of halogens is 2. The molecule has 1 heterocycles. The summed E-state index contributed by atoms with van der Waals surface area (Å²) in [6.07, 6.45) is 0. The number of nitrogens with one attached hydrogen (secondary N) is 1. The van der Waals surface area contributed by atoms with Gasteiger partial charge in [0.05, 0.1) is 7.11 Å². The summed E-state index contributed by atoms with van der Waals surface area (Å²) < 4.78 is 22.6. The lowest BCUT2D eigenvalue weighted by atomic mass is 10.2. The van der Waals surface area contributed by atoms with Crippen molar-refractivity contribution in [3.8, 4) is 23.0 Å². The summed E-state index contributed by atoms with van der Waals surface area (Å²) in [6.45, 7) is 2.02. The van der Waals surface area contributed by atoms with Crippen LogP contribution in [0.1, 0.15) is 11.1 Å². The highest BCUT2D eigenvalue weighted by Crippen LogP contribution is 2.34. The Morgan fingerprint density at radius 3 is 2.43 bits per heavy atom. The summed E-state index contributed by atoms with van der Waals surface area (Å²) in [4.78, 5) is 0. The number of hydrogen-bond donors (Lipinski definition) is 1. The Hall–Kier alpha value is -2.76. The van der Waals surface area contributed by atoms with E-state index in [0.29, 0.717) is 41.3 Å². The van der Waals surface area contributed by atoms with Gasteiger partial charge in [-0.15, -0.1) is 0 Å². The summed E-state index contributed by atoms with van der Waals surface area (Å²) in [6, 6.07) is 17.0. The maximum absolute atomic E-state index is 6.22. The fourth-order valence-corrected chi connectivity index (χ4v) is 3.63. The second kappa shape index (κ2) is 9.37. The quantitative estimate of drug-likeness (QED) is 0.485. The summed E-state index contributed by atoms with van der Waals surface area (Å²) in [5, 5.41) is 4.53. The molecular formula is C23H21Cl2NO4. The summed E-state index contributed by atoms with van der Waals surface area (Å²) in [7, 11) is 1.61. The second-order valence-electron chi connectivity index (χ2n) is 6.69. The van der Waals surface area contributed by atoms with Gasteiger partial charge in [0.1, 0.15) is 19.8 Å². The first-order valence-corrected chi connectivity index (χ1v) is 10.3. The van der Waals surface area contributed by atoms with Gasteiger partial charge in [-0.3, -0.25) is 0 Å². The molecule has 1 aliphatic rings. The molecule has 0 atom stereocenters. The summed E-state index contributed by atoms with van der Waals surface area (Å²) >= 11 is 12.4. The molecule has 5 nitrogen and oxygen atoms in total. The number of methoxy groups -OCH3 is 1. The van der Waals surface area contributed by atoms with Crippen molar-refractivity contribution in [3.05, 3.63) is 75.8 Å². The van der Waals surface area contributed by atoms with E-state index in [1.807, 2.05) is 36.4 Å². The molecule has 0 saturated heterocycles. The third-order valence-corrected chi connectivity index (χ3v) is 5.41. The topological polar surface area (TPSA) is 49.0 Å². The van der Waals surface area contributed by atoms with E-state index < -0.39 is 0 Å². The molecule has 3 aromatic carbocycles. The van der Waals surface area contributed by atoms with E-state index in [2.05, 4.69) is 5.32 Å². The van der Waals surface area contributed by atoms with Crippen LogP contribution in [0.15, 0.2) is 54.6 Å². The van der Waals surface area contributed by atoms with E-state index in [4.69, 9.17) is 42.1 Å². The number of rotatable bonds is 7. The molecule has 1 aliphatic heterocycles. The minimum atomic E-state index is 0.254. The van der Waals surface area contributed by atoms with Crippen molar-refractivity contribution in [2.75, 3.05) is 25.6 Å². The van der Waals surface area contributed by atoms with E-state index >= 15 is 0 Å². The SMILES string of the molecule is COc1cc(CNc2ccc3c(c2)OCCO3)ccc1OCc1c(Cl)cccc1Cl. The van der Waals surface area contributed by atoms with Gasteiger partial charge in [0.25, 0.3) is 0 Å². The van der Waals surface area contributed by atoms with Gasteiger partial charge in [0.2, 0.25) is 0 Å². The lowest BCUT2D eigenvalue weighted by Gasteiger charge is -2.19. The van der Waals surface area contributed by atoms with Gasteiger partial charge < -0.3 is 24.3 Å². The molecular weight excluding hydrogens is 425 g/mol. The fraction of sp³-hybridized carbons (Fsp3) is 0.217. The number of hydrogen-bond acceptors (Lipinski definition) is 5. The van der Waals surface area contributed by atoms with Gasteiger partial charge in [-0.2, -0.15) is 0 Å². The second-order valence-corrected chi connectivity index (χ2v) is 7.50. The van der Waals surface area contributed by atoms with Crippen LogP contribution in [0.3, 0.4) is 0 Å². The Kier molecular flexibility index (Phi) is 6.41. The molecule has 0 spiro atoms. The average molecular weight is 446 g/mol. The zero-order chi connectivity index (χ0) is 20.9. The van der Waals surface area contributed by atoms with Gasteiger partial charge in [-0.05, 0) is 42.0 Å². The molecule has 0 amide bonds. The number of benzene rings is 3. The third-order valence-electron chi connectivity index (χ3n) is 4.70. The maximum Gasteiger partial charge on any atom is 0.163 e. The van der Waals surface area contributed by atoms with Crippen molar-refractivity contribution in [1.29, 1.82) is 0 Å². The van der Waals surface area contributed by atoms with Crippen LogP contribution in [0.25, 0.3) is 0 Å². The molecule has 1 N–H and O–H groups in total. The van der Waals surface area contributed by atoms with Gasteiger partial charge >= 0.3 is 0 Å². The van der Waals surface area contributed by atoms with Crippen LogP contribution in [-0.4, -0.2) is 20.3 Å². The molecule has 0 saturated carbocycles. The van der Waals surface area contributed by atoms with Crippen LogP contribution < -0.4 is 24.3 Å². The normalized spacial score (nSPS) is 12.4. The van der Waals surface area contributed by atoms with Crippen molar-refractivity contribution >= 4 is 28.9 Å². The number of fused-ring (bicyclic) bond motifs is 1. The first-order chi connectivity index (χ1) is 14.6. The van der Waals surface area contributed by atoms with E-state index in [1.54, 1.807) is 25.3 Å². The van der Waals surface area contributed by atoms with Crippen LogP contribution in [0, 0.1) is 0 Å². The van der Waals surface area contributed by atoms with Crippen molar-refractivity contribution in [2.45, 2.75) is 13.2 Å². The molecule has 4 rings (SSSR count). The summed E-state index contributed by atoms with van der Waals surface area (Å²) in [5.41, 5.74) is 2.74. The molecule has 0 aromatic heterocycles. The molecule has 0 aliphatic carbocycles. The van der Waals surface area contributed by atoms with Gasteiger partial charge in [0, 0.05) is 33.9 Å². The first-order valence-electron chi connectivity index (χ1n) is 9.50. The molecule has 0 unspecified atom stereocenters. The molecule has 7 heteroatoms. The number of anilines is 1. The van der Waals surface area contributed by atoms with Crippen molar-refractivity contribution in [2.24, 2.45) is 0 Å². The van der Waals surface area contributed by atoms with Crippen LogP contribution in [0.4, 0.5) is 5.69 Å². The Bertz CT molecular complexity index is 1020. The Balaban J connectivity index is 1.42. The number of ether oxygens (including phenoxy) is 4. The molecule has 156 valence electrons. The minimum absolute atomic E-state index is 0.254. The van der Waals surface area contributed by atoms with Crippen LogP contribution in [0.5, 0.6) is 23.0 Å². The molecule has 0 radical (unpaired) electrons. The standard InChI is InChI=1S/C23H21Cl2NO4/c1-27-22-11-15(13-26-16-6-8-21-23(12-16)29-10-9-28-21)5-7-20(22)30-14-17-18(24)3-2-4-19(17)25/h2-8,11-12,26H,9-10,13-14H2,1H3.